The summed E-state index contributed by atoms with van der Waals surface area (Å²) in [5.41, 5.74) is 5.08. The lowest BCUT2D eigenvalue weighted by molar-refractivity contribution is 0.502. The number of fused-ring (bicyclic) bond motifs is 3. The fraction of sp³-hybridized carbons (Fsp3) is 0.222. The lowest BCUT2D eigenvalue weighted by Gasteiger charge is -2.29. The SMILES string of the molecule is CC1NCC(c2ccccc2Cl)c2c1[nH]c1ccccc21.Cl. The molecule has 1 aromatic heterocycles. The first-order valence-electron chi connectivity index (χ1n) is 7.34. The van der Waals surface area contributed by atoms with E-state index in [9.17, 15) is 0 Å². The van der Waals surface area contributed by atoms with Gasteiger partial charge in [0.1, 0.15) is 0 Å². The second-order valence-corrected chi connectivity index (χ2v) is 6.11. The molecule has 22 heavy (non-hydrogen) atoms. The predicted octanol–water partition coefficient (Wildman–Crippen LogP) is 5.04. The van der Waals surface area contributed by atoms with Crippen molar-refractivity contribution in [3.8, 4) is 0 Å². The van der Waals surface area contributed by atoms with E-state index in [2.05, 4.69) is 53.6 Å². The Kier molecular flexibility index (Phi) is 4.18. The van der Waals surface area contributed by atoms with E-state index < -0.39 is 0 Å². The van der Waals surface area contributed by atoms with Crippen LogP contribution in [0.2, 0.25) is 5.02 Å². The number of rotatable bonds is 1. The highest BCUT2D eigenvalue weighted by Crippen LogP contribution is 2.40. The Bertz CT molecular complexity index is 810. The number of hydrogen-bond acceptors (Lipinski definition) is 1. The average molecular weight is 333 g/mol. The van der Waals surface area contributed by atoms with Crippen molar-refractivity contribution < 1.29 is 0 Å². The number of aromatic amines is 1. The topological polar surface area (TPSA) is 27.8 Å². The van der Waals surface area contributed by atoms with Crippen molar-refractivity contribution in [3.05, 3.63) is 70.4 Å². The fourth-order valence-electron chi connectivity index (χ4n) is 3.42. The number of H-pyrrole nitrogens is 1. The van der Waals surface area contributed by atoms with E-state index in [4.69, 9.17) is 11.6 Å². The van der Waals surface area contributed by atoms with E-state index in [0.717, 1.165) is 11.6 Å². The number of hydrogen-bond donors (Lipinski definition) is 2. The first-order valence-corrected chi connectivity index (χ1v) is 7.72. The van der Waals surface area contributed by atoms with E-state index in [1.54, 1.807) is 0 Å². The Labute approximate surface area is 141 Å². The summed E-state index contributed by atoms with van der Waals surface area (Å²) >= 11 is 6.44. The van der Waals surface area contributed by atoms with E-state index in [1.807, 2.05) is 12.1 Å². The molecule has 0 fully saturated rings. The van der Waals surface area contributed by atoms with E-state index in [1.165, 1.54) is 27.7 Å². The summed E-state index contributed by atoms with van der Waals surface area (Å²) in [6, 6.07) is 17.0. The van der Waals surface area contributed by atoms with Gasteiger partial charge < -0.3 is 10.3 Å². The van der Waals surface area contributed by atoms with Crippen LogP contribution in [0.1, 0.15) is 35.7 Å². The molecule has 2 unspecified atom stereocenters. The lowest BCUT2D eigenvalue weighted by Crippen LogP contribution is -2.31. The smallest absolute Gasteiger partial charge is 0.0459 e. The summed E-state index contributed by atoms with van der Waals surface area (Å²) in [7, 11) is 0. The van der Waals surface area contributed by atoms with Crippen molar-refractivity contribution in [1.82, 2.24) is 10.3 Å². The summed E-state index contributed by atoms with van der Waals surface area (Å²) in [6.07, 6.45) is 0. The molecule has 2 nitrogen and oxygen atoms in total. The molecular formula is C18H18Cl2N2. The van der Waals surface area contributed by atoms with Crippen molar-refractivity contribution in [1.29, 1.82) is 0 Å². The Hall–Kier alpha value is -1.48. The summed E-state index contributed by atoms with van der Waals surface area (Å²) in [5.74, 6) is 0.293. The van der Waals surface area contributed by atoms with Gasteiger partial charge in [0, 0.05) is 40.1 Å². The quantitative estimate of drug-likeness (QED) is 0.641. The third-order valence-corrected chi connectivity index (χ3v) is 4.81. The van der Waals surface area contributed by atoms with Gasteiger partial charge in [-0.1, -0.05) is 48.0 Å². The second-order valence-electron chi connectivity index (χ2n) is 5.70. The van der Waals surface area contributed by atoms with Crippen LogP contribution in [0.4, 0.5) is 0 Å². The number of nitrogens with one attached hydrogen (secondary N) is 2. The number of aromatic nitrogens is 1. The molecule has 0 amide bonds. The van der Waals surface area contributed by atoms with Crippen LogP contribution in [-0.4, -0.2) is 11.5 Å². The zero-order valence-corrected chi connectivity index (χ0v) is 13.8. The number of benzene rings is 2. The highest BCUT2D eigenvalue weighted by Gasteiger charge is 2.30. The van der Waals surface area contributed by atoms with Gasteiger partial charge in [-0.15, -0.1) is 12.4 Å². The van der Waals surface area contributed by atoms with E-state index in [0.29, 0.717) is 12.0 Å². The monoisotopic (exact) mass is 332 g/mol. The largest absolute Gasteiger partial charge is 0.357 e. The summed E-state index contributed by atoms with van der Waals surface area (Å²) in [5, 5.41) is 5.74. The Balaban J connectivity index is 0.00000144. The van der Waals surface area contributed by atoms with Crippen molar-refractivity contribution in [3.63, 3.8) is 0 Å². The van der Waals surface area contributed by atoms with Crippen LogP contribution in [0.25, 0.3) is 10.9 Å². The van der Waals surface area contributed by atoms with Crippen LogP contribution in [0.15, 0.2) is 48.5 Å². The molecule has 0 aliphatic carbocycles. The molecular weight excluding hydrogens is 315 g/mol. The molecule has 1 aliphatic heterocycles. The first kappa shape index (κ1) is 15.4. The third-order valence-electron chi connectivity index (χ3n) is 4.47. The van der Waals surface area contributed by atoms with Gasteiger partial charge >= 0.3 is 0 Å². The van der Waals surface area contributed by atoms with Gasteiger partial charge in [0.15, 0.2) is 0 Å². The predicted molar refractivity (Wildman–Crippen MR) is 95.3 cm³/mol. The standard InChI is InChI=1S/C18H17ClN2.ClH/c1-11-18-17(13-7-3-5-9-16(13)21-18)14(10-20-11)12-6-2-4-8-15(12)19;/h2-9,11,14,20-21H,10H2,1H3;1H. The summed E-state index contributed by atoms with van der Waals surface area (Å²) in [4.78, 5) is 3.58. The average Bonchev–Trinajstić information content (AvgIpc) is 2.89. The Morgan fingerprint density at radius 3 is 2.59 bits per heavy atom. The van der Waals surface area contributed by atoms with Gasteiger partial charge in [-0.3, -0.25) is 0 Å². The number of halogens is 2. The molecule has 3 aromatic rings. The molecule has 0 bridgehead atoms. The molecule has 0 radical (unpaired) electrons. The van der Waals surface area contributed by atoms with Crippen molar-refractivity contribution in [2.45, 2.75) is 18.9 Å². The molecule has 0 saturated carbocycles. The zero-order valence-electron chi connectivity index (χ0n) is 12.3. The minimum Gasteiger partial charge on any atom is -0.357 e. The zero-order chi connectivity index (χ0) is 14.4. The summed E-state index contributed by atoms with van der Waals surface area (Å²) in [6.45, 7) is 3.12. The van der Waals surface area contributed by atoms with E-state index in [-0.39, 0.29) is 12.4 Å². The Morgan fingerprint density at radius 2 is 1.77 bits per heavy atom. The van der Waals surface area contributed by atoms with Crippen molar-refractivity contribution in [2.24, 2.45) is 0 Å². The molecule has 0 saturated heterocycles. The number of para-hydroxylation sites is 1. The lowest BCUT2D eigenvalue weighted by atomic mass is 9.85. The van der Waals surface area contributed by atoms with Crippen LogP contribution in [-0.2, 0) is 0 Å². The van der Waals surface area contributed by atoms with Crippen molar-refractivity contribution >= 4 is 34.9 Å². The minimum absolute atomic E-state index is 0. The maximum absolute atomic E-state index is 6.44. The molecule has 2 heterocycles. The molecule has 1 aliphatic rings. The van der Waals surface area contributed by atoms with Gasteiger partial charge in [-0.05, 0) is 30.2 Å². The minimum atomic E-state index is 0. The summed E-state index contributed by atoms with van der Waals surface area (Å²) < 4.78 is 0. The van der Waals surface area contributed by atoms with Crippen molar-refractivity contribution in [2.75, 3.05) is 6.54 Å². The maximum atomic E-state index is 6.44. The van der Waals surface area contributed by atoms with Gasteiger partial charge in [0.2, 0.25) is 0 Å². The van der Waals surface area contributed by atoms with Gasteiger partial charge in [-0.2, -0.15) is 0 Å². The maximum Gasteiger partial charge on any atom is 0.0459 e. The molecule has 2 aromatic carbocycles. The normalized spacial score (nSPS) is 20.5. The van der Waals surface area contributed by atoms with Gasteiger partial charge in [-0.25, -0.2) is 0 Å². The molecule has 2 atom stereocenters. The third kappa shape index (κ3) is 2.32. The van der Waals surface area contributed by atoms with Crippen LogP contribution in [0.3, 0.4) is 0 Å². The van der Waals surface area contributed by atoms with Crippen LogP contribution < -0.4 is 5.32 Å². The van der Waals surface area contributed by atoms with Crippen LogP contribution in [0.5, 0.6) is 0 Å². The molecule has 4 rings (SSSR count). The molecule has 0 spiro atoms. The Morgan fingerprint density at radius 1 is 1.05 bits per heavy atom. The van der Waals surface area contributed by atoms with Crippen LogP contribution >= 0.6 is 24.0 Å². The van der Waals surface area contributed by atoms with Crippen LogP contribution in [0, 0.1) is 0 Å². The van der Waals surface area contributed by atoms with Gasteiger partial charge in [0.25, 0.3) is 0 Å². The molecule has 4 heteroatoms. The highest BCUT2D eigenvalue weighted by molar-refractivity contribution is 6.31. The highest BCUT2D eigenvalue weighted by atomic mass is 35.5. The first-order chi connectivity index (χ1) is 10.3. The van der Waals surface area contributed by atoms with Gasteiger partial charge in [0.05, 0.1) is 0 Å². The fourth-order valence-corrected chi connectivity index (χ4v) is 3.69. The van der Waals surface area contributed by atoms with E-state index >= 15 is 0 Å². The molecule has 114 valence electrons. The second kappa shape index (κ2) is 5.96. The molecule has 2 N–H and O–H groups in total.